The molecular formula is C33H49Cl. The predicted octanol–water partition coefficient (Wildman–Crippen LogP) is 10.5. The highest BCUT2D eigenvalue weighted by atomic mass is 35.5. The highest BCUT2D eigenvalue weighted by Crippen LogP contribution is 2.68. The highest BCUT2D eigenvalue weighted by molar-refractivity contribution is 6.32. The fourth-order valence-electron chi connectivity index (χ4n) is 9.85. The second-order valence-electron chi connectivity index (χ2n) is 13.8. The first kappa shape index (κ1) is 24.9. The Labute approximate surface area is 215 Å². The fraction of sp³-hybridized carbons (Fsp3) is 0.758. The third-order valence-corrected chi connectivity index (χ3v) is 12.1. The van der Waals surface area contributed by atoms with Crippen LogP contribution in [-0.2, 0) is 0 Å². The van der Waals surface area contributed by atoms with E-state index in [1.165, 1.54) is 81.8 Å². The Morgan fingerprint density at radius 1 is 0.912 bits per heavy atom. The zero-order chi connectivity index (χ0) is 24.1. The van der Waals surface area contributed by atoms with Gasteiger partial charge in [0, 0.05) is 5.02 Å². The molecule has 0 N–H and O–H groups in total. The Kier molecular flexibility index (Phi) is 7.04. The van der Waals surface area contributed by atoms with Gasteiger partial charge in [0.2, 0.25) is 0 Å². The largest absolute Gasteiger partial charge is 0.0837 e. The van der Waals surface area contributed by atoms with Gasteiger partial charge in [-0.05, 0) is 121 Å². The van der Waals surface area contributed by atoms with Gasteiger partial charge in [0.05, 0.1) is 0 Å². The van der Waals surface area contributed by atoms with Crippen LogP contribution in [0.3, 0.4) is 0 Å². The van der Waals surface area contributed by atoms with Crippen molar-refractivity contribution in [2.45, 2.75) is 105 Å². The van der Waals surface area contributed by atoms with Gasteiger partial charge in [-0.1, -0.05) is 89.8 Å². The molecule has 188 valence electrons. The van der Waals surface area contributed by atoms with Crippen molar-refractivity contribution < 1.29 is 0 Å². The van der Waals surface area contributed by atoms with Crippen LogP contribution in [0.2, 0.25) is 5.02 Å². The first-order valence-corrected chi connectivity index (χ1v) is 15.1. The zero-order valence-corrected chi connectivity index (χ0v) is 23.3. The lowest BCUT2D eigenvalue weighted by Crippen LogP contribution is -2.52. The van der Waals surface area contributed by atoms with Crippen LogP contribution < -0.4 is 0 Å². The molecule has 4 aliphatic carbocycles. The summed E-state index contributed by atoms with van der Waals surface area (Å²) in [6.45, 7) is 12.8. The Hall–Kier alpha value is -0.750. The van der Waals surface area contributed by atoms with Crippen LogP contribution in [-0.4, -0.2) is 0 Å². The minimum Gasteiger partial charge on any atom is -0.0837 e. The summed E-state index contributed by atoms with van der Waals surface area (Å²) in [5.74, 6) is 6.46. The molecule has 0 bridgehead atoms. The molecule has 0 nitrogen and oxygen atoms in total. The van der Waals surface area contributed by atoms with E-state index in [-0.39, 0.29) is 0 Å². The van der Waals surface area contributed by atoms with Gasteiger partial charge in [0.15, 0.2) is 0 Å². The summed E-state index contributed by atoms with van der Waals surface area (Å²) in [5.41, 5.74) is 3.91. The van der Waals surface area contributed by atoms with E-state index in [2.05, 4.69) is 65.0 Å². The van der Waals surface area contributed by atoms with Gasteiger partial charge in [-0.15, -0.1) is 0 Å². The van der Waals surface area contributed by atoms with Gasteiger partial charge >= 0.3 is 0 Å². The van der Waals surface area contributed by atoms with Crippen LogP contribution in [0.1, 0.15) is 111 Å². The fourth-order valence-corrected chi connectivity index (χ4v) is 10.1. The van der Waals surface area contributed by atoms with E-state index in [0.29, 0.717) is 10.8 Å². The normalized spacial score (nSPS) is 40.3. The highest BCUT2D eigenvalue weighted by Gasteiger charge is 2.60. The Morgan fingerprint density at radius 2 is 1.68 bits per heavy atom. The molecular weight excluding hydrogens is 432 g/mol. The lowest BCUT2D eigenvalue weighted by Gasteiger charge is -2.60. The quantitative estimate of drug-likeness (QED) is 0.379. The lowest BCUT2D eigenvalue weighted by molar-refractivity contribution is -0.0999. The molecule has 0 aromatic heterocycles. The van der Waals surface area contributed by atoms with Crippen LogP contribution in [0.15, 0.2) is 30.3 Å². The average Bonchev–Trinajstić information content (AvgIpc) is 3.16. The first-order valence-electron chi connectivity index (χ1n) is 14.7. The predicted molar refractivity (Wildman–Crippen MR) is 148 cm³/mol. The van der Waals surface area contributed by atoms with Crippen molar-refractivity contribution in [2.75, 3.05) is 0 Å². The van der Waals surface area contributed by atoms with E-state index in [1.54, 1.807) is 0 Å². The molecule has 0 radical (unpaired) electrons. The van der Waals surface area contributed by atoms with Gasteiger partial charge in [0.25, 0.3) is 0 Å². The number of hydrogen-bond donors (Lipinski definition) is 0. The second-order valence-corrected chi connectivity index (χ2v) is 14.2. The summed E-state index contributed by atoms with van der Waals surface area (Å²) in [7, 11) is 0. The number of allylic oxidation sites excluding steroid dienone is 2. The van der Waals surface area contributed by atoms with E-state index >= 15 is 0 Å². The van der Waals surface area contributed by atoms with Gasteiger partial charge in [-0.2, -0.15) is 0 Å². The molecule has 1 aromatic carbocycles. The Bertz CT molecular complexity index is 898. The van der Waals surface area contributed by atoms with Crippen molar-refractivity contribution >= 4 is 17.2 Å². The van der Waals surface area contributed by atoms with Crippen LogP contribution in [0.5, 0.6) is 0 Å². The van der Waals surface area contributed by atoms with Gasteiger partial charge < -0.3 is 0 Å². The average molecular weight is 481 g/mol. The number of halogens is 1. The molecule has 0 aliphatic heterocycles. The summed E-state index contributed by atoms with van der Waals surface area (Å²) in [6, 6.07) is 8.50. The van der Waals surface area contributed by atoms with Crippen LogP contribution in [0.4, 0.5) is 0 Å². The molecule has 1 heteroatoms. The van der Waals surface area contributed by atoms with Crippen molar-refractivity contribution in [3.05, 3.63) is 40.9 Å². The molecule has 3 fully saturated rings. The van der Waals surface area contributed by atoms with Crippen molar-refractivity contribution in [1.29, 1.82) is 0 Å². The Balaban J connectivity index is 1.31. The maximum atomic E-state index is 6.60. The van der Waals surface area contributed by atoms with E-state index in [0.717, 1.165) is 46.4 Å². The SMILES string of the molecule is CC(C)CCC[C@@H](C)[C@H]1CC[C@H]2[C@@H]3CC[C@H]4CC(c5ccccc5Cl)=CC[C@]4(C)[C@H]3CC[C@]12C. The van der Waals surface area contributed by atoms with Gasteiger partial charge in [0.1, 0.15) is 0 Å². The summed E-state index contributed by atoms with van der Waals surface area (Å²) in [5, 5.41) is 0.930. The van der Waals surface area contributed by atoms with E-state index in [4.69, 9.17) is 11.6 Å². The number of benzene rings is 1. The summed E-state index contributed by atoms with van der Waals surface area (Å²) < 4.78 is 0. The standard InChI is InChI=1S/C33H49Cl/c1-22(2)9-8-10-23(3)28-15-16-29-27-14-13-25-21-24(26-11-6-7-12-31(26)34)17-19-32(25,4)30(27)18-20-33(28,29)5/h6-7,11-12,17,22-23,25,27-30H,8-10,13-16,18-21H2,1-5H3/t23-,25+,27+,28-,29+,30+,32+,33-/m1/s1. The summed E-state index contributed by atoms with van der Waals surface area (Å²) in [4.78, 5) is 0. The van der Waals surface area contributed by atoms with Gasteiger partial charge in [-0.3, -0.25) is 0 Å². The molecule has 0 saturated heterocycles. The van der Waals surface area contributed by atoms with Crippen molar-refractivity contribution in [2.24, 2.45) is 52.3 Å². The number of hydrogen-bond acceptors (Lipinski definition) is 0. The third kappa shape index (κ3) is 4.23. The monoisotopic (exact) mass is 480 g/mol. The maximum absolute atomic E-state index is 6.60. The molecule has 34 heavy (non-hydrogen) atoms. The summed E-state index contributed by atoms with van der Waals surface area (Å²) >= 11 is 6.60. The molecule has 3 saturated carbocycles. The zero-order valence-electron chi connectivity index (χ0n) is 22.6. The molecule has 4 aliphatic rings. The van der Waals surface area contributed by atoms with Crippen molar-refractivity contribution in [3.8, 4) is 0 Å². The lowest BCUT2D eigenvalue weighted by atomic mass is 9.44. The molecule has 0 unspecified atom stereocenters. The Morgan fingerprint density at radius 3 is 2.44 bits per heavy atom. The van der Waals surface area contributed by atoms with Crippen LogP contribution >= 0.6 is 11.6 Å². The van der Waals surface area contributed by atoms with E-state index in [9.17, 15) is 0 Å². The topological polar surface area (TPSA) is 0 Å². The third-order valence-electron chi connectivity index (χ3n) is 11.7. The minimum absolute atomic E-state index is 0.496. The van der Waals surface area contributed by atoms with Gasteiger partial charge in [-0.25, -0.2) is 0 Å². The summed E-state index contributed by atoms with van der Waals surface area (Å²) in [6.07, 6.45) is 18.3. The minimum atomic E-state index is 0.496. The first-order chi connectivity index (χ1) is 16.2. The van der Waals surface area contributed by atoms with E-state index < -0.39 is 0 Å². The van der Waals surface area contributed by atoms with Crippen molar-refractivity contribution in [3.63, 3.8) is 0 Å². The van der Waals surface area contributed by atoms with Crippen molar-refractivity contribution in [1.82, 2.24) is 0 Å². The van der Waals surface area contributed by atoms with E-state index in [1.807, 2.05) is 0 Å². The number of fused-ring (bicyclic) bond motifs is 5. The molecule has 0 spiro atoms. The van der Waals surface area contributed by atoms with Crippen LogP contribution in [0.25, 0.3) is 5.57 Å². The molecule has 0 heterocycles. The maximum Gasteiger partial charge on any atom is 0.0481 e. The smallest absolute Gasteiger partial charge is 0.0481 e. The molecule has 5 rings (SSSR count). The molecule has 8 atom stereocenters. The van der Waals surface area contributed by atoms with Crippen LogP contribution in [0, 0.1) is 52.3 Å². The molecule has 1 aromatic rings. The molecule has 0 amide bonds. The number of rotatable bonds is 6. The second kappa shape index (κ2) is 9.61.